The van der Waals surface area contributed by atoms with Gasteiger partial charge in [0.05, 0.1) is 16.3 Å². The first-order valence-corrected chi connectivity index (χ1v) is 9.62. The SMILES string of the molecule is O=S1(=O)N=C([O-])c2ccccc21.[Cl-].[Pd+2].c1ccc(CNCc2ccccn2)nc1. The first-order valence-electron chi connectivity index (χ1n) is 8.18. The maximum absolute atomic E-state index is 11.1. The van der Waals surface area contributed by atoms with Crippen LogP contribution in [0.1, 0.15) is 17.0 Å². The minimum Gasteiger partial charge on any atom is -1.00 e. The van der Waals surface area contributed by atoms with Crippen molar-refractivity contribution in [2.75, 3.05) is 0 Å². The van der Waals surface area contributed by atoms with Crippen molar-refractivity contribution < 1.29 is 46.4 Å². The predicted molar refractivity (Wildman–Crippen MR) is 99.2 cm³/mol. The molecule has 0 fully saturated rings. The molecule has 1 N–H and O–H groups in total. The zero-order valence-electron chi connectivity index (χ0n) is 15.0. The topological polar surface area (TPSA) is 107 Å². The van der Waals surface area contributed by atoms with E-state index in [1.807, 2.05) is 36.4 Å². The van der Waals surface area contributed by atoms with E-state index in [9.17, 15) is 13.5 Å². The molecule has 4 rings (SSSR count). The third-order valence-corrected chi connectivity index (χ3v) is 4.98. The molecule has 0 aliphatic carbocycles. The Morgan fingerprint density at radius 2 is 1.34 bits per heavy atom. The fraction of sp³-hybridized carbons (Fsp3) is 0.105. The molecule has 0 saturated carbocycles. The van der Waals surface area contributed by atoms with Crippen LogP contribution in [0.15, 0.2) is 82.4 Å². The number of rotatable bonds is 4. The fourth-order valence-corrected chi connectivity index (χ4v) is 3.50. The maximum atomic E-state index is 11.1. The van der Waals surface area contributed by atoms with Crippen LogP contribution in [-0.2, 0) is 43.5 Å². The van der Waals surface area contributed by atoms with Gasteiger partial charge in [0.15, 0.2) is 0 Å². The number of nitrogens with zero attached hydrogens (tertiary/aromatic N) is 3. The van der Waals surface area contributed by atoms with Gasteiger partial charge in [0.2, 0.25) is 0 Å². The van der Waals surface area contributed by atoms with Crippen LogP contribution in [0.5, 0.6) is 0 Å². The Kier molecular flexibility index (Phi) is 10.1. The molecular formula is C19H17ClN4O3PdS. The van der Waals surface area contributed by atoms with E-state index in [2.05, 4.69) is 19.7 Å². The average Bonchev–Trinajstić information content (AvgIpc) is 2.93. The van der Waals surface area contributed by atoms with E-state index in [1.165, 1.54) is 12.1 Å². The Hall–Kier alpha value is -2.15. The van der Waals surface area contributed by atoms with E-state index in [-0.39, 0.29) is 43.3 Å². The molecule has 3 aromatic rings. The molecule has 1 aliphatic heterocycles. The molecule has 0 spiro atoms. The Balaban J connectivity index is 0.000000277. The van der Waals surface area contributed by atoms with Crippen LogP contribution in [0, 0.1) is 0 Å². The van der Waals surface area contributed by atoms with Gasteiger partial charge in [-0.25, -0.2) is 0 Å². The van der Waals surface area contributed by atoms with Crippen LogP contribution in [0.25, 0.3) is 0 Å². The summed E-state index contributed by atoms with van der Waals surface area (Å²) < 4.78 is 25.2. The molecule has 29 heavy (non-hydrogen) atoms. The second-order valence-corrected chi connectivity index (χ2v) is 7.19. The number of aromatic nitrogens is 2. The smallest absolute Gasteiger partial charge is 1.00 e. The van der Waals surface area contributed by atoms with Gasteiger partial charge in [-0.1, -0.05) is 30.3 Å². The summed E-state index contributed by atoms with van der Waals surface area (Å²) in [4.78, 5) is 8.46. The number of fused-ring (bicyclic) bond motifs is 1. The van der Waals surface area contributed by atoms with Crippen molar-refractivity contribution in [2.45, 2.75) is 18.0 Å². The molecule has 0 atom stereocenters. The molecule has 1 aromatic carbocycles. The van der Waals surface area contributed by atoms with Crippen LogP contribution in [0.2, 0.25) is 0 Å². The van der Waals surface area contributed by atoms with Gasteiger partial charge in [0, 0.05) is 36.9 Å². The van der Waals surface area contributed by atoms with Crippen LogP contribution >= 0.6 is 0 Å². The van der Waals surface area contributed by atoms with Crippen LogP contribution in [-0.4, -0.2) is 24.3 Å². The summed E-state index contributed by atoms with van der Waals surface area (Å²) in [6.07, 6.45) is 3.61. The van der Waals surface area contributed by atoms with E-state index in [0.717, 1.165) is 24.5 Å². The van der Waals surface area contributed by atoms with E-state index in [1.54, 1.807) is 24.5 Å². The van der Waals surface area contributed by atoms with Crippen molar-refractivity contribution in [1.29, 1.82) is 0 Å². The zero-order valence-corrected chi connectivity index (χ0v) is 18.1. The molecule has 154 valence electrons. The number of sulfonamides is 1. The van der Waals surface area contributed by atoms with Crippen molar-refractivity contribution >= 4 is 15.9 Å². The fourth-order valence-electron chi connectivity index (χ4n) is 2.40. The second kappa shape index (κ2) is 11.8. The minimum atomic E-state index is -3.68. The summed E-state index contributed by atoms with van der Waals surface area (Å²) in [7, 11) is -3.68. The summed E-state index contributed by atoms with van der Waals surface area (Å²) in [5, 5.41) is 14.2. The van der Waals surface area contributed by atoms with Gasteiger partial charge in [-0.2, -0.15) is 12.8 Å². The monoisotopic (exact) mass is 522 g/mol. The molecular weight excluding hydrogens is 506 g/mol. The number of hydrogen-bond donors (Lipinski definition) is 1. The third-order valence-electron chi connectivity index (χ3n) is 3.66. The number of nitrogens with one attached hydrogen (secondary N) is 1. The maximum Gasteiger partial charge on any atom is 2.00 e. The number of halogens is 1. The van der Waals surface area contributed by atoms with Gasteiger partial charge in [0.1, 0.15) is 0 Å². The summed E-state index contributed by atoms with van der Waals surface area (Å²) in [5.41, 5.74) is 2.26. The van der Waals surface area contributed by atoms with E-state index < -0.39 is 15.9 Å². The van der Waals surface area contributed by atoms with Crippen molar-refractivity contribution in [3.8, 4) is 0 Å². The summed E-state index contributed by atoms with van der Waals surface area (Å²) >= 11 is 0. The van der Waals surface area contributed by atoms with Crippen LogP contribution in [0.4, 0.5) is 0 Å². The van der Waals surface area contributed by atoms with Crippen molar-refractivity contribution in [1.82, 2.24) is 15.3 Å². The minimum absolute atomic E-state index is 0. The molecule has 3 heterocycles. The number of pyridine rings is 2. The summed E-state index contributed by atoms with van der Waals surface area (Å²) in [6, 6.07) is 17.8. The molecule has 0 bridgehead atoms. The predicted octanol–water partition coefficient (Wildman–Crippen LogP) is -1.74. The zero-order chi connectivity index (χ0) is 19.1. The average molecular weight is 523 g/mol. The van der Waals surface area contributed by atoms with Crippen molar-refractivity contribution in [2.24, 2.45) is 4.40 Å². The Morgan fingerprint density at radius 1 is 0.828 bits per heavy atom. The molecule has 2 aromatic heterocycles. The van der Waals surface area contributed by atoms with Gasteiger partial charge in [-0.05, 0) is 30.3 Å². The van der Waals surface area contributed by atoms with Gasteiger partial charge in [-0.15, -0.1) is 0 Å². The van der Waals surface area contributed by atoms with Gasteiger partial charge in [-0.3, -0.25) is 9.97 Å². The molecule has 0 amide bonds. The molecule has 10 heteroatoms. The third kappa shape index (κ3) is 7.00. The quantitative estimate of drug-likeness (QED) is 0.408. The number of benzene rings is 1. The first kappa shape index (κ1) is 24.9. The van der Waals surface area contributed by atoms with E-state index >= 15 is 0 Å². The molecule has 1 aliphatic rings. The van der Waals surface area contributed by atoms with E-state index in [4.69, 9.17) is 0 Å². The number of hydrogen-bond acceptors (Lipinski definition) is 6. The second-order valence-electron chi connectivity index (χ2n) is 5.61. The molecule has 0 unspecified atom stereocenters. The normalized spacial score (nSPS) is 12.9. The summed E-state index contributed by atoms with van der Waals surface area (Å²) in [6.45, 7) is 1.55. The van der Waals surface area contributed by atoms with Gasteiger partial charge < -0.3 is 22.8 Å². The van der Waals surface area contributed by atoms with E-state index in [0.29, 0.717) is 0 Å². The molecule has 7 nitrogen and oxygen atoms in total. The summed E-state index contributed by atoms with van der Waals surface area (Å²) in [5.74, 6) is -0.675. The van der Waals surface area contributed by atoms with Crippen LogP contribution < -0.4 is 22.8 Å². The molecule has 0 radical (unpaired) electrons. The van der Waals surface area contributed by atoms with Crippen LogP contribution in [0.3, 0.4) is 0 Å². The van der Waals surface area contributed by atoms with Crippen molar-refractivity contribution in [3.63, 3.8) is 0 Å². The first-order chi connectivity index (χ1) is 13.1. The van der Waals surface area contributed by atoms with Gasteiger partial charge >= 0.3 is 20.4 Å². The Morgan fingerprint density at radius 3 is 1.83 bits per heavy atom. The largest absolute Gasteiger partial charge is 2.00 e. The molecule has 0 saturated heterocycles. The Bertz CT molecular complexity index is 996. The standard InChI is InChI=1S/C12H13N3.C7H5NO3S.ClH.Pd/c1-3-7-14-11(5-1)9-13-10-12-6-2-4-8-15-12;9-7-5-3-1-2-4-6(5)12(10,11)8-7;;/h1-8,13H,9-10H2;1-4H,(H,8,9);1H;/q;;;+2/p-2. The van der Waals surface area contributed by atoms with Crippen molar-refractivity contribution in [3.05, 3.63) is 90.0 Å². The van der Waals surface area contributed by atoms with Gasteiger partial charge in [0.25, 0.3) is 10.0 Å². The Labute approximate surface area is 189 Å².